The first-order valence-corrected chi connectivity index (χ1v) is 9.68. The van der Waals surface area contributed by atoms with Crippen molar-refractivity contribution in [3.05, 3.63) is 57.6 Å². The van der Waals surface area contributed by atoms with Gasteiger partial charge in [0.1, 0.15) is 11.4 Å². The summed E-state index contributed by atoms with van der Waals surface area (Å²) in [4.78, 5) is 13.0. The molecule has 0 saturated carbocycles. The number of hydrogen-bond acceptors (Lipinski definition) is 2. The fourth-order valence-electron chi connectivity index (χ4n) is 3.01. The van der Waals surface area contributed by atoms with Gasteiger partial charge in [-0.3, -0.25) is 4.79 Å². The van der Waals surface area contributed by atoms with Gasteiger partial charge in [0.25, 0.3) is 0 Å². The standard InChI is InChI=1S/C22H29O2P.Li.H/c1-13-11-15(3)20(17(5)16(13)4)21(23)25-19-10-9-18(12-14(19)2)24-22(6,7)8;;/h9-12,25H,1-8H3;;/q;+1;-1. The fraction of sp³-hybridized carbons (Fsp3) is 0.409. The van der Waals surface area contributed by atoms with Gasteiger partial charge in [-0.2, -0.15) is 0 Å². The summed E-state index contributed by atoms with van der Waals surface area (Å²) in [6, 6.07) is 8.14. The van der Waals surface area contributed by atoms with E-state index in [0.29, 0.717) is 0 Å². The zero-order chi connectivity index (χ0) is 18.9. The number of hydrogen-bond donors (Lipinski definition) is 0. The van der Waals surface area contributed by atoms with Gasteiger partial charge in [0.15, 0.2) is 5.52 Å². The van der Waals surface area contributed by atoms with Crippen LogP contribution in [0.3, 0.4) is 0 Å². The average molecular weight is 364 g/mol. The molecule has 0 heterocycles. The molecule has 4 heteroatoms. The van der Waals surface area contributed by atoms with Gasteiger partial charge in [-0.15, -0.1) is 0 Å². The largest absolute Gasteiger partial charge is 1.00 e. The van der Waals surface area contributed by atoms with Crippen molar-refractivity contribution in [2.24, 2.45) is 0 Å². The second-order valence-corrected chi connectivity index (χ2v) is 9.02. The van der Waals surface area contributed by atoms with Crippen LogP contribution in [0.5, 0.6) is 5.75 Å². The Morgan fingerprint density at radius 2 is 1.54 bits per heavy atom. The van der Waals surface area contributed by atoms with E-state index in [0.717, 1.165) is 33.3 Å². The molecule has 1 unspecified atom stereocenters. The Morgan fingerprint density at radius 3 is 2.08 bits per heavy atom. The molecule has 2 aromatic carbocycles. The van der Waals surface area contributed by atoms with Crippen LogP contribution in [0.15, 0.2) is 24.3 Å². The number of aryl methyl sites for hydroxylation is 3. The summed E-state index contributed by atoms with van der Waals surface area (Å²) in [5.41, 5.74) is 6.62. The van der Waals surface area contributed by atoms with Crippen LogP contribution in [0, 0.1) is 34.6 Å². The molecule has 0 aliphatic rings. The SMILES string of the molecule is Cc1cc(OC(C)(C)C)ccc1PC(=O)c1c(C)cc(C)c(C)c1C.[H-].[Li+]. The van der Waals surface area contributed by atoms with Gasteiger partial charge >= 0.3 is 18.9 Å². The normalized spacial score (nSPS) is 11.5. The maximum absolute atomic E-state index is 13.0. The Morgan fingerprint density at radius 1 is 0.923 bits per heavy atom. The van der Waals surface area contributed by atoms with Crippen LogP contribution in [0.2, 0.25) is 0 Å². The van der Waals surface area contributed by atoms with E-state index in [-0.39, 0.29) is 40.0 Å². The van der Waals surface area contributed by atoms with E-state index in [1.807, 2.05) is 52.8 Å². The summed E-state index contributed by atoms with van der Waals surface area (Å²) in [5, 5.41) is 1.09. The predicted octanol–water partition coefficient (Wildman–Crippen LogP) is 2.67. The Hall–Kier alpha value is -1.06. The zero-order valence-electron chi connectivity index (χ0n) is 18.6. The molecule has 0 saturated heterocycles. The van der Waals surface area contributed by atoms with Crippen molar-refractivity contribution in [3.63, 3.8) is 0 Å². The third-order valence-electron chi connectivity index (χ3n) is 4.45. The Labute approximate surface area is 173 Å². The van der Waals surface area contributed by atoms with E-state index in [9.17, 15) is 4.79 Å². The smallest absolute Gasteiger partial charge is 1.00 e. The fourth-order valence-corrected chi connectivity index (χ4v) is 4.20. The summed E-state index contributed by atoms with van der Waals surface area (Å²) in [7, 11) is 0.130. The van der Waals surface area contributed by atoms with Crippen molar-refractivity contribution in [2.75, 3.05) is 0 Å². The van der Waals surface area contributed by atoms with Gasteiger partial charge in [-0.25, -0.2) is 0 Å². The molecule has 0 fully saturated rings. The van der Waals surface area contributed by atoms with E-state index in [4.69, 9.17) is 4.74 Å². The summed E-state index contributed by atoms with van der Waals surface area (Å²) in [6.07, 6.45) is 0. The Bertz CT molecular complexity index is 826. The van der Waals surface area contributed by atoms with Gasteiger partial charge in [-0.05, 0) is 109 Å². The second kappa shape index (κ2) is 8.75. The zero-order valence-corrected chi connectivity index (χ0v) is 18.6. The average Bonchev–Trinajstić information content (AvgIpc) is 2.46. The first kappa shape index (κ1) is 23.0. The number of benzene rings is 2. The van der Waals surface area contributed by atoms with Gasteiger partial charge < -0.3 is 6.16 Å². The maximum atomic E-state index is 13.0. The Kier molecular flexibility index (Phi) is 7.73. The molecule has 0 N–H and O–H groups in total. The quantitative estimate of drug-likeness (QED) is 0.616. The van der Waals surface area contributed by atoms with Crippen LogP contribution < -0.4 is 28.9 Å². The molecule has 1 atom stereocenters. The molecular weight excluding hydrogens is 334 g/mol. The van der Waals surface area contributed by atoms with Crippen molar-refractivity contribution < 1.29 is 29.8 Å². The number of carbonyl (C=O) groups excluding carboxylic acids is 1. The molecule has 136 valence electrons. The molecule has 26 heavy (non-hydrogen) atoms. The predicted molar refractivity (Wildman–Crippen MR) is 110 cm³/mol. The number of carbonyl (C=O) groups is 1. The molecule has 2 aromatic rings. The second-order valence-electron chi connectivity index (χ2n) is 7.78. The van der Waals surface area contributed by atoms with Crippen LogP contribution in [-0.4, -0.2) is 11.1 Å². The monoisotopic (exact) mass is 364 g/mol. The third-order valence-corrected chi connectivity index (χ3v) is 5.76. The van der Waals surface area contributed by atoms with Crippen molar-refractivity contribution >= 4 is 19.4 Å². The van der Waals surface area contributed by atoms with E-state index in [2.05, 4.69) is 26.8 Å². The molecular formula is C22H30LiO2P. The minimum atomic E-state index is -0.223. The van der Waals surface area contributed by atoms with Crippen LogP contribution in [0.1, 0.15) is 60.4 Å². The Balaban J connectivity index is 0.00000338. The first-order chi connectivity index (χ1) is 11.5. The van der Waals surface area contributed by atoms with Crippen molar-refractivity contribution in [1.29, 1.82) is 0 Å². The van der Waals surface area contributed by atoms with E-state index >= 15 is 0 Å². The van der Waals surface area contributed by atoms with Gasteiger partial charge in [0, 0.05) is 5.56 Å². The minimum Gasteiger partial charge on any atom is -1.00 e. The van der Waals surface area contributed by atoms with Crippen molar-refractivity contribution in [3.8, 4) is 5.75 Å². The third kappa shape index (κ3) is 5.47. The van der Waals surface area contributed by atoms with Crippen LogP contribution in [-0.2, 0) is 0 Å². The molecule has 0 bridgehead atoms. The molecule has 0 aliphatic heterocycles. The summed E-state index contributed by atoms with van der Waals surface area (Å²) >= 11 is 0. The number of rotatable bonds is 4. The summed E-state index contributed by atoms with van der Waals surface area (Å²) in [6.45, 7) is 16.4. The van der Waals surface area contributed by atoms with Crippen molar-refractivity contribution in [2.45, 2.75) is 61.0 Å². The van der Waals surface area contributed by atoms with Crippen LogP contribution in [0.25, 0.3) is 0 Å². The number of ether oxygens (including phenoxy) is 1. The molecule has 2 nitrogen and oxygen atoms in total. The summed E-state index contributed by atoms with van der Waals surface area (Å²) in [5.74, 6) is 0.851. The van der Waals surface area contributed by atoms with E-state index in [1.54, 1.807) is 0 Å². The topological polar surface area (TPSA) is 26.3 Å². The first-order valence-electron chi connectivity index (χ1n) is 8.68. The van der Waals surface area contributed by atoms with E-state index in [1.165, 1.54) is 11.1 Å². The molecule has 0 radical (unpaired) electrons. The van der Waals surface area contributed by atoms with E-state index < -0.39 is 0 Å². The molecule has 0 spiro atoms. The minimum absolute atomic E-state index is 0. The van der Waals surface area contributed by atoms with Gasteiger partial charge in [-0.1, -0.05) is 12.1 Å². The molecule has 2 rings (SSSR count). The molecule has 0 amide bonds. The molecule has 0 aliphatic carbocycles. The van der Waals surface area contributed by atoms with Crippen LogP contribution >= 0.6 is 8.58 Å². The molecule has 0 aromatic heterocycles. The maximum Gasteiger partial charge on any atom is 1.00 e. The van der Waals surface area contributed by atoms with Gasteiger partial charge in [0.2, 0.25) is 0 Å². The summed E-state index contributed by atoms with van der Waals surface area (Å²) < 4.78 is 5.91. The van der Waals surface area contributed by atoms with Crippen LogP contribution in [0.4, 0.5) is 0 Å². The van der Waals surface area contributed by atoms with Gasteiger partial charge in [0.05, 0.1) is 0 Å². The van der Waals surface area contributed by atoms with Crippen molar-refractivity contribution in [1.82, 2.24) is 0 Å².